The number of hydrogen-bond acceptors (Lipinski definition) is 3. The van der Waals surface area contributed by atoms with E-state index in [0.29, 0.717) is 23.3 Å². The monoisotopic (exact) mass is 340 g/mol. The molecule has 134 valence electrons. The second-order valence-electron chi connectivity index (χ2n) is 7.54. The van der Waals surface area contributed by atoms with E-state index >= 15 is 0 Å². The summed E-state index contributed by atoms with van der Waals surface area (Å²) in [7, 11) is 0. The van der Waals surface area contributed by atoms with E-state index < -0.39 is 0 Å². The number of aromatic nitrogens is 1. The minimum atomic E-state index is -0.185. The van der Waals surface area contributed by atoms with Crippen LogP contribution in [0.3, 0.4) is 0 Å². The highest BCUT2D eigenvalue weighted by Crippen LogP contribution is 2.33. The van der Waals surface area contributed by atoms with Crippen molar-refractivity contribution < 1.29 is 9.32 Å². The summed E-state index contributed by atoms with van der Waals surface area (Å²) in [5.74, 6) is 1.52. The van der Waals surface area contributed by atoms with Gasteiger partial charge < -0.3 is 9.84 Å². The molecule has 4 nitrogen and oxygen atoms in total. The van der Waals surface area contributed by atoms with E-state index in [4.69, 9.17) is 4.52 Å². The third-order valence-corrected chi connectivity index (χ3v) is 5.37. The molecule has 0 radical (unpaired) electrons. The number of amides is 1. The maximum atomic E-state index is 12.2. The summed E-state index contributed by atoms with van der Waals surface area (Å²) in [6, 6.07) is 10.3. The fourth-order valence-corrected chi connectivity index (χ4v) is 3.32. The minimum Gasteiger partial charge on any atom is -0.355 e. The van der Waals surface area contributed by atoms with E-state index in [1.54, 1.807) is 6.07 Å². The summed E-state index contributed by atoms with van der Waals surface area (Å²) in [6.45, 7) is 6.15. The van der Waals surface area contributed by atoms with Gasteiger partial charge in [0.05, 0.1) is 0 Å². The molecule has 1 unspecified atom stereocenters. The molecule has 4 heteroatoms. The Labute approximate surface area is 150 Å². The molecule has 0 aliphatic heterocycles. The van der Waals surface area contributed by atoms with Gasteiger partial charge in [-0.25, -0.2) is 0 Å². The Kier molecular flexibility index (Phi) is 5.57. The molecule has 1 N–H and O–H groups in total. The topological polar surface area (TPSA) is 55.1 Å². The molecule has 1 amide bonds. The Morgan fingerprint density at radius 3 is 2.44 bits per heavy atom. The molecule has 25 heavy (non-hydrogen) atoms. The van der Waals surface area contributed by atoms with E-state index in [1.165, 1.54) is 37.7 Å². The van der Waals surface area contributed by atoms with Crippen molar-refractivity contribution in [1.82, 2.24) is 10.5 Å². The summed E-state index contributed by atoms with van der Waals surface area (Å²) in [4.78, 5) is 12.2. The number of carbonyl (C=O) groups excluding carboxylic acids is 1. The molecular weight excluding hydrogens is 312 g/mol. The molecule has 1 atom stereocenters. The maximum Gasteiger partial charge on any atom is 0.273 e. The smallest absolute Gasteiger partial charge is 0.273 e. The van der Waals surface area contributed by atoms with Crippen molar-refractivity contribution >= 4 is 5.91 Å². The van der Waals surface area contributed by atoms with Crippen molar-refractivity contribution in [3.05, 3.63) is 41.6 Å². The maximum absolute atomic E-state index is 12.2. The van der Waals surface area contributed by atoms with Gasteiger partial charge in [0.1, 0.15) is 0 Å². The van der Waals surface area contributed by atoms with Gasteiger partial charge in [0.15, 0.2) is 11.5 Å². The lowest BCUT2D eigenvalue weighted by atomic mass is 9.84. The van der Waals surface area contributed by atoms with E-state index in [-0.39, 0.29) is 11.9 Å². The predicted molar refractivity (Wildman–Crippen MR) is 99.5 cm³/mol. The molecule has 2 aromatic rings. The molecule has 1 aliphatic rings. The SMILES string of the molecule is CC(C)C(C)NC(=O)c1cc(-c2ccc(C3CCCCC3)cc2)on1. The first-order valence-corrected chi connectivity index (χ1v) is 9.42. The van der Waals surface area contributed by atoms with Crippen molar-refractivity contribution in [1.29, 1.82) is 0 Å². The average molecular weight is 340 g/mol. The number of benzene rings is 1. The Bertz CT molecular complexity index is 697. The average Bonchev–Trinajstić information content (AvgIpc) is 3.13. The van der Waals surface area contributed by atoms with Crippen LogP contribution in [0, 0.1) is 5.92 Å². The van der Waals surface area contributed by atoms with E-state index in [9.17, 15) is 4.79 Å². The zero-order valence-electron chi connectivity index (χ0n) is 15.4. The quantitative estimate of drug-likeness (QED) is 0.817. The van der Waals surface area contributed by atoms with Gasteiger partial charge in [-0.1, -0.05) is 62.5 Å². The second-order valence-corrected chi connectivity index (χ2v) is 7.54. The lowest BCUT2D eigenvalue weighted by Gasteiger charge is -2.21. The molecule has 1 aromatic heterocycles. The van der Waals surface area contributed by atoms with Crippen LogP contribution in [0.1, 0.15) is 74.8 Å². The second kappa shape index (κ2) is 7.85. The third-order valence-electron chi connectivity index (χ3n) is 5.37. The summed E-state index contributed by atoms with van der Waals surface area (Å²) in [5, 5.41) is 6.88. The number of nitrogens with zero attached hydrogens (tertiary/aromatic N) is 1. The highest BCUT2D eigenvalue weighted by Gasteiger charge is 2.18. The van der Waals surface area contributed by atoms with Crippen LogP contribution in [0.2, 0.25) is 0 Å². The molecule has 1 aliphatic carbocycles. The first kappa shape index (κ1) is 17.7. The molecule has 0 saturated heterocycles. The normalized spacial score (nSPS) is 16.8. The van der Waals surface area contributed by atoms with E-state index in [2.05, 4.69) is 48.6 Å². The lowest BCUT2D eigenvalue weighted by Crippen LogP contribution is -2.36. The molecule has 1 heterocycles. The molecule has 1 fully saturated rings. The van der Waals surface area contributed by atoms with Crippen molar-refractivity contribution in [2.24, 2.45) is 5.92 Å². The van der Waals surface area contributed by atoms with Gasteiger partial charge in [0.25, 0.3) is 5.91 Å². The van der Waals surface area contributed by atoms with Crippen LogP contribution in [0.5, 0.6) is 0 Å². The van der Waals surface area contributed by atoms with Crippen molar-refractivity contribution in [2.45, 2.75) is 64.8 Å². The third kappa shape index (κ3) is 4.30. The fourth-order valence-electron chi connectivity index (χ4n) is 3.32. The largest absolute Gasteiger partial charge is 0.355 e. The Morgan fingerprint density at radius 1 is 1.12 bits per heavy atom. The Balaban J connectivity index is 1.68. The van der Waals surface area contributed by atoms with Gasteiger partial charge in [-0.15, -0.1) is 0 Å². The van der Waals surface area contributed by atoms with Crippen molar-refractivity contribution in [3.8, 4) is 11.3 Å². The number of carbonyl (C=O) groups is 1. The molecule has 1 saturated carbocycles. The van der Waals surface area contributed by atoms with Gasteiger partial charge in [0, 0.05) is 17.7 Å². The highest BCUT2D eigenvalue weighted by molar-refractivity contribution is 5.93. The van der Waals surface area contributed by atoms with Crippen LogP contribution < -0.4 is 5.32 Å². The van der Waals surface area contributed by atoms with Crippen LogP contribution >= 0.6 is 0 Å². The van der Waals surface area contributed by atoms with Crippen LogP contribution in [-0.4, -0.2) is 17.1 Å². The van der Waals surface area contributed by atoms with Crippen molar-refractivity contribution in [3.63, 3.8) is 0 Å². The molecule has 3 rings (SSSR count). The van der Waals surface area contributed by atoms with Crippen LogP contribution in [0.25, 0.3) is 11.3 Å². The lowest BCUT2D eigenvalue weighted by molar-refractivity contribution is 0.0921. The van der Waals surface area contributed by atoms with Gasteiger partial charge in [0.2, 0.25) is 0 Å². The summed E-state index contributed by atoms with van der Waals surface area (Å²) in [5.41, 5.74) is 2.70. The van der Waals surface area contributed by atoms with E-state index in [1.807, 2.05) is 6.92 Å². The number of nitrogens with one attached hydrogen (secondary N) is 1. The fraction of sp³-hybridized carbons (Fsp3) is 0.524. The number of hydrogen-bond donors (Lipinski definition) is 1. The van der Waals surface area contributed by atoms with E-state index in [0.717, 1.165) is 5.56 Å². The zero-order chi connectivity index (χ0) is 17.8. The zero-order valence-corrected chi connectivity index (χ0v) is 15.4. The Morgan fingerprint density at radius 2 is 1.80 bits per heavy atom. The van der Waals surface area contributed by atoms with Gasteiger partial charge >= 0.3 is 0 Å². The highest BCUT2D eigenvalue weighted by atomic mass is 16.5. The van der Waals surface area contributed by atoms with Gasteiger partial charge in [-0.2, -0.15) is 0 Å². The van der Waals surface area contributed by atoms with Crippen LogP contribution in [-0.2, 0) is 0 Å². The first-order valence-electron chi connectivity index (χ1n) is 9.42. The molecular formula is C21H28N2O2. The predicted octanol–water partition coefficient (Wildman–Crippen LogP) is 5.16. The summed E-state index contributed by atoms with van der Waals surface area (Å²) >= 11 is 0. The molecule has 1 aromatic carbocycles. The molecule has 0 bridgehead atoms. The summed E-state index contributed by atoms with van der Waals surface area (Å²) in [6.07, 6.45) is 6.62. The summed E-state index contributed by atoms with van der Waals surface area (Å²) < 4.78 is 5.39. The minimum absolute atomic E-state index is 0.0995. The van der Waals surface area contributed by atoms with Crippen LogP contribution in [0.4, 0.5) is 0 Å². The van der Waals surface area contributed by atoms with Gasteiger partial charge in [-0.3, -0.25) is 4.79 Å². The van der Waals surface area contributed by atoms with Crippen LogP contribution in [0.15, 0.2) is 34.9 Å². The number of rotatable bonds is 5. The first-order chi connectivity index (χ1) is 12.0. The molecule has 0 spiro atoms. The van der Waals surface area contributed by atoms with Crippen molar-refractivity contribution in [2.75, 3.05) is 0 Å². The Hall–Kier alpha value is -2.10. The van der Waals surface area contributed by atoms with Gasteiger partial charge in [-0.05, 0) is 37.2 Å². The standard InChI is InChI=1S/C21H28N2O2/c1-14(2)15(3)22-21(24)19-13-20(25-23-19)18-11-9-17(10-12-18)16-7-5-4-6-8-16/h9-16H,4-8H2,1-3H3,(H,22,24).